The third-order valence-corrected chi connectivity index (χ3v) is 3.34. The van der Waals surface area contributed by atoms with Crippen LogP contribution < -0.4 is 5.32 Å². The topological polar surface area (TPSA) is 38.3 Å². The molecule has 18 heavy (non-hydrogen) atoms. The second-order valence-corrected chi connectivity index (χ2v) is 4.75. The first-order valence-electron chi connectivity index (χ1n) is 6.20. The van der Waals surface area contributed by atoms with Gasteiger partial charge < -0.3 is 10.1 Å². The van der Waals surface area contributed by atoms with Crippen molar-refractivity contribution in [3.63, 3.8) is 0 Å². The van der Waals surface area contributed by atoms with Crippen molar-refractivity contribution in [3.8, 4) is 0 Å². The molecule has 4 heteroatoms. The Hall–Kier alpha value is -1.22. The van der Waals surface area contributed by atoms with Crippen LogP contribution in [0.1, 0.15) is 33.1 Å². The molecule has 100 valence electrons. The van der Waals surface area contributed by atoms with Gasteiger partial charge in [0.25, 0.3) is 0 Å². The lowest BCUT2D eigenvalue weighted by Gasteiger charge is -2.31. The van der Waals surface area contributed by atoms with Crippen molar-refractivity contribution in [2.45, 2.75) is 38.6 Å². The van der Waals surface area contributed by atoms with Gasteiger partial charge in [-0.15, -0.1) is 0 Å². The summed E-state index contributed by atoms with van der Waals surface area (Å²) < 4.78 is 4.93. The van der Waals surface area contributed by atoms with Crippen LogP contribution in [0.2, 0.25) is 5.02 Å². The zero-order valence-electron chi connectivity index (χ0n) is 11.1. The number of methoxy groups -OCH3 is 1. The Bertz CT molecular complexity index is 391. The number of benzene rings is 1. The summed E-state index contributed by atoms with van der Waals surface area (Å²) in [5, 5.41) is 3.96. The van der Waals surface area contributed by atoms with E-state index in [4.69, 9.17) is 16.3 Å². The van der Waals surface area contributed by atoms with Crippen molar-refractivity contribution >= 4 is 23.3 Å². The van der Waals surface area contributed by atoms with Crippen molar-refractivity contribution in [2.75, 3.05) is 12.4 Å². The lowest BCUT2D eigenvalue weighted by Crippen LogP contribution is -2.46. The minimum absolute atomic E-state index is 0.221. The van der Waals surface area contributed by atoms with E-state index in [0.717, 1.165) is 18.5 Å². The molecule has 0 heterocycles. The van der Waals surface area contributed by atoms with Crippen LogP contribution in [-0.2, 0) is 9.53 Å². The Balaban J connectivity index is 2.96. The van der Waals surface area contributed by atoms with Crippen LogP contribution in [0.3, 0.4) is 0 Å². The highest BCUT2D eigenvalue weighted by Gasteiger charge is 2.36. The highest BCUT2D eigenvalue weighted by atomic mass is 35.5. The average molecular weight is 270 g/mol. The molecule has 0 radical (unpaired) electrons. The molecule has 0 aliphatic heterocycles. The smallest absolute Gasteiger partial charge is 0.331 e. The molecule has 0 amide bonds. The lowest BCUT2D eigenvalue weighted by atomic mass is 9.90. The number of nitrogens with one attached hydrogen (secondary N) is 1. The molecular weight excluding hydrogens is 250 g/mol. The zero-order valence-corrected chi connectivity index (χ0v) is 11.9. The number of hydrogen-bond acceptors (Lipinski definition) is 3. The quantitative estimate of drug-likeness (QED) is 0.797. The fourth-order valence-electron chi connectivity index (χ4n) is 2.06. The predicted molar refractivity (Wildman–Crippen MR) is 75.0 cm³/mol. The van der Waals surface area contributed by atoms with Crippen LogP contribution >= 0.6 is 11.6 Å². The monoisotopic (exact) mass is 269 g/mol. The van der Waals surface area contributed by atoms with E-state index in [-0.39, 0.29) is 5.97 Å². The highest BCUT2D eigenvalue weighted by molar-refractivity contribution is 6.30. The molecule has 0 aliphatic carbocycles. The van der Waals surface area contributed by atoms with Crippen LogP contribution in [0.4, 0.5) is 5.69 Å². The van der Waals surface area contributed by atoms with Crippen molar-refractivity contribution in [1.29, 1.82) is 0 Å². The normalized spacial score (nSPS) is 13.8. The third-order valence-electron chi connectivity index (χ3n) is 3.08. The summed E-state index contributed by atoms with van der Waals surface area (Å²) in [7, 11) is 1.42. The lowest BCUT2D eigenvalue weighted by molar-refractivity contribution is -0.146. The first-order chi connectivity index (χ1) is 8.57. The number of carbonyl (C=O) groups is 1. The number of hydrogen-bond donors (Lipinski definition) is 1. The molecular formula is C14H20ClNO2. The van der Waals surface area contributed by atoms with E-state index < -0.39 is 5.54 Å². The minimum Gasteiger partial charge on any atom is -0.467 e. The Morgan fingerprint density at radius 2 is 1.94 bits per heavy atom. The van der Waals surface area contributed by atoms with Gasteiger partial charge in [-0.05, 0) is 37.1 Å². The molecule has 1 N–H and O–H groups in total. The predicted octanol–water partition coefficient (Wildman–Crippen LogP) is 3.87. The Morgan fingerprint density at radius 1 is 1.33 bits per heavy atom. The Kier molecular flexibility index (Phi) is 5.48. The largest absolute Gasteiger partial charge is 0.467 e. The van der Waals surface area contributed by atoms with Gasteiger partial charge in [0.15, 0.2) is 0 Å². The first-order valence-corrected chi connectivity index (χ1v) is 6.58. The van der Waals surface area contributed by atoms with Gasteiger partial charge in [-0.3, -0.25) is 0 Å². The number of ether oxygens (including phenoxy) is 1. The molecule has 1 atom stereocenters. The average Bonchev–Trinajstić information content (AvgIpc) is 2.39. The standard InChI is InChI=1S/C14H20ClNO2/c1-4-10-14(5-2,13(17)18-3)16-12-8-6-11(15)7-9-12/h6-9,16H,4-5,10H2,1-3H3. The maximum Gasteiger partial charge on any atom is 0.331 e. The summed E-state index contributed by atoms with van der Waals surface area (Å²) >= 11 is 5.85. The molecule has 1 unspecified atom stereocenters. The third kappa shape index (κ3) is 3.39. The van der Waals surface area contributed by atoms with Gasteiger partial charge in [0.1, 0.15) is 5.54 Å². The summed E-state index contributed by atoms with van der Waals surface area (Å²) in [4.78, 5) is 12.0. The van der Waals surface area contributed by atoms with E-state index in [1.54, 1.807) is 12.1 Å². The number of esters is 1. The summed E-state index contributed by atoms with van der Waals surface area (Å²) in [5.74, 6) is -0.221. The molecule has 0 aromatic heterocycles. The number of carbonyl (C=O) groups excluding carboxylic acids is 1. The van der Waals surface area contributed by atoms with Gasteiger partial charge in [-0.25, -0.2) is 4.79 Å². The van der Waals surface area contributed by atoms with Gasteiger partial charge in [0.05, 0.1) is 7.11 Å². The van der Waals surface area contributed by atoms with E-state index in [0.29, 0.717) is 11.4 Å². The summed E-state index contributed by atoms with van der Waals surface area (Å²) in [6.45, 7) is 4.03. The Labute approximate surface area is 113 Å². The second kappa shape index (κ2) is 6.64. The first kappa shape index (κ1) is 14.8. The number of halogens is 1. The van der Waals surface area contributed by atoms with Gasteiger partial charge in [0, 0.05) is 10.7 Å². The highest BCUT2D eigenvalue weighted by Crippen LogP contribution is 2.26. The van der Waals surface area contributed by atoms with E-state index >= 15 is 0 Å². The van der Waals surface area contributed by atoms with Crippen LogP contribution in [0.25, 0.3) is 0 Å². The summed E-state index contributed by atoms with van der Waals surface area (Å²) in [6, 6.07) is 7.33. The molecule has 3 nitrogen and oxygen atoms in total. The summed E-state index contributed by atoms with van der Waals surface area (Å²) in [6.07, 6.45) is 2.32. The fourth-order valence-corrected chi connectivity index (χ4v) is 2.18. The molecule has 0 spiro atoms. The fraction of sp³-hybridized carbons (Fsp3) is 0.500. The van der Waals surface area contributed by atoms with Crippen molar-refractivity contribution in [1.82, 2.24) is 0 Å². The molecule has 0 saturated heterocycles. The second-order valence-electron chi connectivity index (χ2n) is 4.31. The van der Waals surface area contributed by atoms with E-state index in [9.17, 15) is 4.79 Å². The molecule has 0 saturated carbocycles. The number of rotatable bonds is 6. The molecule has 0 fully saturated rings. The molecule has 0 aliphatic rings. The number of anilines is 1. The van der Waals surface area contributed by atoms with Gasteiger partial charge in [-0.2, -0.15) is 0 Å². The molecule has 1 aromatic rings. The SMILES string of the molecule is CCCC(CC)(Nc1ccc(Cl)cc1)C(=O)OC. The Morgan fingerprint density at radius 3 is 2.39 bits per heavy atom. The van der Waals surface area contributed by atoms with Gasteiger partial charge >= 0.3 is 5.97 Å². The van der Waals surface area contributed by atoms with Crippen molar-refractivity contribution in [2.24, 2.45) is 0 Å². The van der Waals surface area contributed by atoms with Crippen molar-refractivity contribution in [3.05, 3.63) is 29.3 Å². The van der Waals surface area contributed by atoms with Crippen LogP contribution in [0, 0.1) is 0 Å². The van der Waals surface area contributed by atoms with Crippen LogP contribution in [0.15, 0.2) is 24.3 Å². The zero-order chi connectivity index (χ0) is 13.6. The van der Waals surface area contributed by atoms with E-state index in [2.05, 4.69) is 12.2 Å². The maximum absolute atomic E-state index is 12.0. The van der Waals surface area contributed by atoms with Gasteiger partial charge in [-0.1, -0.05) is 31.9 Å². The minimum atomic E-state index is -0.655. The van der Waals surface area contributed by atoms with Gasteiger partial charge in [0.2, 0.25) is 0 Å². The van der Waals surface area contributed by atoms with Crippen LogP contribution in [-0.4, -0.2) is 18.6 Å². The van der Waals surface area contributed by atoms with E-state index in [1.165, 1.54) is 7.11 Å². The van der Waals surface area contributed by atoms with Crippen LogP contribution in [0.5, 0.6) is 0 Å². The molecule has 1 aromatic carbocycles. The van der Waals surface area contributed by atoms with E-state index in [1.807, 2.05) is 19.1 Å². The van der Waals surface area contributed by atoms with Crippen molar-refractivity contribution < 1.29 is 9.53 Å². The summed E-state index contributed by atoms with van der Waals surface area (Å²) in [5.41, 5.74) is 0.220. The molecule has 0 bridgehead atoms. The molecule has 1 rings (SSSR count). The maximum atomic E-state index is 12.0.